The molecule has 2 aromatic carbocycles. The van der Waals surface area contributed by atoms with Crippen molar-refractivity contribution in [3.63, 3.8) is 0 Å². The lowest BCUT2D eigenvalue weighted by atomic mass is 10.1. The van der Waals surface area contributed by atoms with Crippen molar-refractivity contribution in [2.24, 2.45) is 0 Å². The topological polar surface area (TPSA) is 60.9 Å². The van der Waals surface area contributed by atoms with Crippen LogP contribution < -0.4 is 4.90 Å². The monoisotopic (exact) mass is 469 g/mol. The molecule has 32 heavy (non-hydrogen) atoms. The number of piperazine rings is 1. The van der Waals surface area contributed by atoms with Gasteiger partial charge in [-0.3, -0.25) is 4.79 Å². The zero-order chi connectivity index (χ0) is 23.7. The molecule has 0 radical (unpaired) electrons. The Morgan fingerprint density at radius 1 is 1.00 bits per heavy atom. The number of rotatable bonds is 5. The highest BCUT2D eigenvalue weighted by Gasteiger charge is 2.31. The minimum Gasteiger partial charge on any atom is -0.368 e. The van der Waals surface area contributed by atoms with Crippen molar-refractivity contribution in [2.75, 3.05) is 38.1 Å². The van der Waals surface area contributed by atoms with Crippen LogP contribution in [0.1, 0.15) is 29.8 Å². The van der Waals surface area contributed by atoms with Crippen LogP contribution in [-0.2, 0) is 16.2 Å². The van der Waals surface area contributed by atoms with Crippen LogP contribution >= 0.6 is 0 Å². The van der Waals surface area contributed by atoms with E-state index in [0.29, 0.717) is 37.4 Å². The van der Waals surface area contributed by atoms with E-state index in [1.807, 2.05) is 4.90 Å². The van der Waals surface area contributed by atoms with Gasteiger partial charge in [-0.25, -0.2) is 8.42 Å². The average Bonchev–Trinajstić information content (AvgIpc) is 2.77. The van der Waals surface area contributed by atoms with Crippen molar-refractivity contribution in [3.05, 3.63) is 59.7 Å². The minimum absolute atomic E-state index is 0.111. The van der Waals surface area contributed by atoms with Crippen molar-refractivity contribution < 1.29 is 26.4 Å². The minimum atomic E-state index is -4.41. The Balaban J connectivity index is 1.66. The Labute approximate surface area is 186 Å². The average molecular weight is 470 g/mol. The summed E-state index contributed by atoms with van der Waals surface area (Å²) in [5, 5.41) is 0. The molecule has 6 nitrogen and oxygen atoms in total. The molecule has 2 aromatic rings. The van der Waals surface area contributed by atoms with Crippen LogP contribution in [0, 0.1) is 0 Å². The van der Waals surface area contributed by atoms with Gasteiger partial charge >= 0.3 is 6.18 Å². The van der Waals surface area contributed by atoms with E-state index in [9.17, 15) is 26.4 Å². The molecule has 1 fully saturated rings. The summed E-state index contributed by atoms with van der Waals surface area (Å²) in [4.78, 5) is 16.4. The van der Waals surface area contributed by atoms with E-state index in [-0.39, 0.29) is 16.8 Å². The molecule has 1 saturated heterocycles. The van der Waals surface area contributed by atoms with Gasteiger partial charge in [0.15, 0.2) is 0 Å². The molecular weight excluding hydrogens is 443 g/mol. The van der Waals surface area contributed by atoms with Crippen molar-refractivity contribution in [1.82, 2.24) is 9.21 Å². The summed E-state index contributed by atoms with van der Waals surface area (Å²) in [5.41, 5.74) is 0.131. The van der Waals surface area contributed by atoms with Gasteiger partial charge in [0.05, 0.1) is 10.5 Å². The molecule has 1 amide bonds. The second-order valence-electron chi connectivity index (χ2n) is 7.97. The number of halogens is 3. The molecule has 0 atom stereocenters. The van der Waals surface area contributed by atoms with Crippen LogP contribution in [0.25, 0.3) is 0 Å². The van der Waals surface area contributed by atoms with E-state index in [1.165, 1.54) is 41.7 Å². The van der Waals surface area contributed by atoms with Gasteiger partial charge in [-0.1, -0.05) is 6.07 Å². The molecule has 0 aliphatic carbocycles. The molecule has 0 saturated carbocycles. The standard InChI is InChI=1S/C22H26F3N3O3S/c1-16(2)26(3)32(30,31)20-9-7-17(8-10-20)21(29)28-13-11-27(12-14-28)19-6-4-5-18(15-19)22(23,24)25/h4-10,15-16H,11-14H2,1-3H3. The van der Waals surface area contributed by atoms with E-state index in [2.05, 4.69) is 0 Å². The first-order chi connectivity index (χ1) is 14.9. The number of nitrogens with zero attached hydrogens (tertiary/aromatic N) is 3. The fourth-order valence-corrected chi connectivity index (χ4v) is 4.81. The van der Waals surface area contributed by atoms with Crippen LogP contribution in [0.15, 0.2) is 53.4 Å². The maximum Gasteiger partial charge on any atom is 0.416 e. The maximum atomic E-state index is 13.0. The SMILES string of the molecule is CC(C)N(C)S(=O)(=O)c1ccc(C(=O)N2CCN(c3cccc(C(F)(F)F)c3)CC2)cc1. The van der Waals surface area contributed by atoms with Gasteiger partial charge < -0.3 is 9.80 Å². The number of anilines is 1. The molecule has 3 rings (SSSR count). The van der Waals surface area contributed by atoms with Gasteiger partial charge in [0.25, 0.3) is 5.91 Å². The van der Waals surface area contributed by atoms with Gasteiger partial charge in [-0.2, -0.15) is 17.5 Å². The summed E-state index contributed by atoms with van der Waals surface area (Å²) in [7, 11) is -2.13. The van der Waals surface area contributed by atoms with Gasteiger partial charge in [0, 0.05) is 50.5 Å². The number of sulfonamides is 1. The molecule has 0 unspecified atom stereocenters. The van der Waals surface area contributed by atoms with Crippen LogP contribution in [-0.4, -0.2) is 62.8 Å². The van der Waals surface area contributed by atoms with Gasteiger partial charge in [-0.05, 0) is 56.3 Å². The molecule has 1 heterocycles. The fraction of sp³-hybridized carbons (Fsp3) is 0.409. The number of amides is 1. The summed E-state index contributed by atoms with van der Waals surface area (Å²) in [6, 6.07) is 10.8. The number of alkyl halides is 3. The summed E-state index contributed by atoms with van der Waals surface area (Å²) >= 11 is 0. The third kappa shape index (κ3) is 5.07. The smallest absolute Gasteiger partial charge is 0.368 e. The third-order valence-electron chi connectivity index (χ3n) is 5.61. The number of hydrogen-bond donors (Lipinski definition) is 0. The van der Waals surface area contributed by atoms with E-state index in [0.717, 1.165) is 12.1 Å². The lowest BCUT2D eigenvalue weighted by molar-refractivity contribution is -0.137. The molecule has 174 valence electrons. The van der Waals surface area contributed by atoms with Crippen molar-refractivity contribution in [1.29, 1.82) is 0 Å². The second kappa shape index (κ2) is 9.11. The predicted molar refractivity (Wildman–Crippen MR) is 116 cm³/mol. The maximum absolute atomic E-state index is 13.0. The quantitative estimate of drug-likeness (QED) is 0.670. The van der Waals surface area contributed by atoms with E-state index < -0.39 is 21.8 Å². The van der Waals surface area contributed by atoms with Crippen molar-refractivity contribution >= 4 is 21.6 Å². The fourth-order valence-electron chi connectivity index (χ4n) is 3.44. The van der Waals surface area contributed by atoms with Gasteiger partial charge in [0.1, 0.15) is 0 Å². The zero-order valence-corrected chi connectivity index (χ0v) is 18.9. The van der Waals surface area contributed by atoms with Crippen LogP contribution in [0.4, 0.5) is 18.9 Å². The predicted octanol–water partition coefficient (Wildman–Crippen LogP) is 3.70. The molecule has 1 aliphatic heterocycles. The van der Waals surface area contributed by atoms with Crippen LogP contribution in [0.5, 0.6) is 0 Å². The molecule has 0 N–H and O–H groups in total. The Hall–Kier alpha value is -2.59. The number of carbonyl (C=O) groups is 1. The normalized spacial score (nSPS) is 15.5. The largest absolute Gasteiger partial charge is 0.416 e. The zero-order valence-electron chi connectivity index (χ0n) is 18.1. The Morgan fingerprint density at radius 3 is 2.12 bits per heavy atom. The van der Waals surface area contributed by atoms with Gasteiger partial charge in [-0.15, -0.1) is 0 Å². The highest BCUT2D eigenvalue weighted by atomic mass is 32.2. The summed E-state index contributed by atoms with van der Waals surface area (Å²) in [5.74, 6) is -0.241. The summed E-state index contributed by atoms with van der Waals surface area (Å²) in [6.45, 7) is 5.05. The number of carbonyl (C=O) groups excluding carboxylic acids is 1. The Morgan fingerprint density at radius 2 is 1.59 bits per heavy atom. The third-order valence-corrected chi connectivity index (χ3v) is 7.66. The first-order valence-electron chi connectivity index (χ1n) is 10.2. The van der Waals surface area contributed by atoms with E-state index in [4.69, 9.17) is 0 Å². The highest BCUT2D eigenvalue weighted by molar-refractivity contribution is 7.89. The van der Waals surface area contributed by atoms with E-state index >= 15 is 0 Å². The number of benzene rings is 2. The Bertz CT molecular complexity index is 1060. The molecule has 0 aromatic heterocycles. The van der Waals surface area contributed by atoms with E-state index in [1.54, 1.807) is 24.8 Å². The molecule has 0 bridgehead atoms. The molecule has 10 heteroatoms. The molecular formula is C22H26F3N3O3S. The molecule has 1 aliphatic rings. The number of hydrogen-bond acceptors (Lipinski definition) is 4. The lowest BCUT2D eigenvalue weighted by Gasteiger charge is -2.36. The Kier molecular flexibility index (Phi) is 6.85. The summed E-state index contributed by atoms with van der Waals surface area (Å²) < 4.78 is 65.3. The van der Waals surface area contributed by atoms with Gasteiger partial charge in [0.2, 0.25) is 10.0 Å². The summed E-state index contributed by atoms with van der Waals surface area (Å²) in [6.07, 6.45) is -4.41. The first-order valence-corrected chi connectivity index (χ1v) is 11.6. The second-order valence-corrected chi connectivity index (χ2v) is 9.96. The molecule has 0 spiro atoms. The van der Waals surface area contributed by atoms with Crippen molar-refractivity contribution in [3.8, 4) is 0 Å². The highest BCUT2D eigenvalue weighted by Crippen LogP contribution is 2.32. The van der Waals surface area contributed by atoms with Crippen molar-refractivity contribution in [2.45, 2.75) is 31.0 Å². The lowest BCUT2D eigenvalue weighted by Crippen LogP contribution is -2.48. The van der Waals surface area contributed by atoms with Crippen LogP contribution in [0.3, 0.4) is 0 Å². The van der Waals surface area contributed by atoms with Crippen LogP contribution in [0.2, 0.25) is 0 Å². The first kappa shape index (κ1) is 24.1.